The predicted octanol–water partition coefficient (Wildman–Crippen LogP) is 6.51. The Bertz CT molecular complexity index is 125. The van der Waals surface area contributed by atoms with Gasteiger partial charge in [0.2, 0.25) is 0 Å². The monoisotopic (exact) mass is 392 g/mol. The summed E-state index contributed by atoms with van der Waals surface area (Å²) in [6.07, 6.45) is 13.4. The summed E-state index contributed by atoms with van der Waals surface area (Å²) >= 11 is 0.184. The fraction of sp³-hybridized carbons (Fsp3) is 1.00. The second kappa shape index (κ2) is 24.8. The average Bonchev–Trinajstić information content (AvgIpc) is 2.47. The summed E-state index contributed by atoms with van der Waals surface area (Å²) < 4.78 is 8.67. The van der Waals surface area contributed by atoms with Crippen molar-refractivity contribution in [2.75, 3.05) is 13.2 Å². The topological polar surface area (TPSA) is 9.23 Å². The summed E-state index contributed by atoms with van der Waals surface area (Å²) in [4.78, 5) is 0. The first-order valence-electron chi connectivity index (χ1n) is 9.11. The SMILES string of the molecule is CCCCCCOCCCCCC.CCC[CH2][Sn][CH2]C. The van der Waals surface area contributed by atoms with Crippen LogP contribution in [0.15, 0.2) is 0 Å². The van der Waals surface area contributed by atoms with Gasteiger partial charge in [0.05, 0.1) is 0 Å². The zero-order valence-corrected chi connectivity index (χ0v) is 17.7. The summed E-state index contributed by atoms with van der Waals surface area (Å²) in [6.45, 7) is 11.0. The Morgan fingerprint density at radius 3 is 1.50 bits per heavy atom. The van der Waals surface area contributed by atoms with E-state index in [0.29, 0.717) is 0 Å². The number of unbranched alkanes of at least 4 members (excludes halogenated alkanes) is 7. The molecule has 0 aromatic rings. The molecule has 0 unspecified atom stereocenters. The van der Waals surface area contributed by atoms with Gasteiger partial charge in [-0.1, -0.05) is 52.4 Å². The van der Waals surface area contributed by atoms with Crippen LogP contribution in [0.1, 0.15) is 91.9 Å². The van der Waals surface area contributed by atoms with Crippen molar-refractivity contribution in [3.8, 4) is 0 Å². The van der Waals surface area contributed by atoms with Crippen molar-refractivity contribution in [1.29, 1.82) is 0 Å². The summed E-state index contributed by atoms with van der Waals surface area (Å²) in [6, 6.07) is 0. The normalized spacial score (nSPS) is 10.2. The van der Waals surface area contributed by atoms with E-state index in [1.165, 1.54) is 68.6 Å². The Kier molecular flexibility index (Phi) is 28.5. The molecule has 1 nitrogen and oxygen atoms in total. The van der Waals surface area contributed by atoms with Crippen molar-refractivity contribution in [3.05, 3.63) is 0 Å². The third-order valence-electron chi connectivity index (χ3n) is 3.24. The quantitative estimate of drug-likeness (QED) is 0.242. The van der Waals surface area contributed by atoms with E-state index in [0.717, 1.165) is 13.2 Å². The van der Waals surface area contributed by atoms with Crippen LogP contribution >= 0.6 is 0 Å². The molecule has 2 radical (unpaired) electrons. The van der Waals surface area contributed by atoms with E-state index >= 15 is 0 Å². The van der Waals surface area contributed by atoms with Crippen molar-refractivity contribution in [2.24, 2.45) is 0 Å². The van der Waals surface area contributed by atoms with Crippen LogP contribution in [-0.2, 0) is 4.74 Å². The maximum atomic E-state index is 5.53. The Morgan fingerprint density at radius 1 is 0.600 bits per heavy atom. The summed E-state index contributed by atoms with van der Waals surface area (Å²) in [7, 11) is 0. The molecule has 0 atom stereocenters. The third-order valence-corrected chi connectivity index (χ3v) is 6.69. The van der Waals surface area contributed by atoms with Crippen LogP contribution in [0.4, 0.5) is 0 Å². The molecule has 0 aliphatic rings. The molecule has 0 aliphatic heterocycles. The maximum absolute atomic E-state index is 5.53. The fourth-order valence-corrected chi connectivity index (χ4v) is 4.57. The van der Waals surface area contributed by atoms with Crippen LogP contribution in [0, 0.1) is 0 Å². The van der Waals surface area contributed by atoms with Crippen LogP contribution in [0.25, 0.3) is 0 Å². The zero-order valence-electron chi connectivity index (χ0n) is 14.8. The Balaban J connectivity index is 0. The molecule has 0 aromatic carbocycles. The van der Waals surface area contributed by atoms with Crippen molar-refractivity contribution in [3.63, 3.8) is 0 Å². The van der Waals surface area contributed by atoms with Gasteiger partial charge in [-0.15, -0.1) is 0 Å². The van der Waals surface area contributed by atoms with E-state index in [4.69, 9.17) is 4.74 Å². The number of hydrogen-bond donors (Lipinski definition) is 0. The third kappa shape index (κ3) is 27.2. The fourth-order valence-electron chi connectivity index (χ4n) is 1.84. The summed E-state index contributed by atoms with van der Waals surface area (Å²) in [5.41, 5.74) is 0. The van der Waals surface area contributed by atoms with Crippen LogP contribution in [0.5, 0.6) is 0 Å². The van der Waals surface area contributed by atoms with Crippen molar-refractivity contribution >= 4 is 21.1 Å². The van der Waals surface area contributed by atoms with Gasteiger partial charge in [0.15, 0.2) is 0 Å². The van der Waals surface area contributed by atoms with Crippen LogP contribution < -0.4 is 0 Å². The standard InChI is InChI=1S/C12H26O.C4H9.C2H5.Sn/c1-3-5-7-9-11-13-12-10-8-6-4-2;1-3-4-2;1-2;/h3-12H2,1-2H3;1,3-4H2,2H3;1H2,2H3;. The van der Waals surface area contributed by atoms with E-state index < -0.39 is 0 Å². The molecule has 0 amide bonds. The van der Waals surface area contributed by atoms with Crippen LogP contribution in [-0.4, -0.2) is 34.4 Å². The van der Waals surface area contributed by atoms with Gasteiger partial charge in [0, 0.05) is 13.2 Å². The molecular formula is C18H40OSn. The van der Waals surface area contributed by atoms with Gasteiger partial charge in [-0.05, 0) is 12.8 Å². The van der Waals surface area contributed by atoms with Crippen molar-refractivity contribution < 1.29 is 4.74 Å². The number of hydrogen-bond acceptors (Lipinski definition) is 1. The van der Waals surface area contributed by atoms with Crippen LogP contribution in [0.2, 0.25) is 8.87 Å². The van der Waals surface area contributed by atoms with Crippen molar-refractivity contribution in [2.45, 2.75) is 101 Å². The van der Waals surface area contributed by atoms with Gasteiger partial charge in [-0.25, -0.2) is 0 Å². The molecule has 0 spiro atoms. The van der Waals surface area contributed by atoms with Gasteiger partial charge in [0.1, 0.15) is 0 Å². The van der Waals surface area contributed by atoms with Gasteiger partial charge >= 0.3 is 56.7 Å². The number of ether oxygens (including phenoxy) is 1. The molecule has 0 saturated carbocycles. The first-order valence-corrected chi connectivity index (χ1v) is 13.1. The predicted molar refractivity (Wildman–Crippen MR) is 95.1 cm³/mol. The van der Waals surface area contributed by atoms with E-state index in [1.807, 2.05) is 0 Å². The molecule has 2 heteroatoms. The molecule has 0 bridgehead atoms. The second-order valence-electron chi connectivity index (χ2n) is 5.44. The van der Waals surface area contributed by atoms with Gasteiger partial charge < -0.3 is 4.74 Å². The molecule has 0 saturated heterocycles. The van der Waals surface area contributed by atoms with Crippen LogP contribution in [0.3, 0.4) is 0 Å². The molecule has 122 valence electrons. The molecule has 0 rings (SSSR count). The first-order chi connectivity index (χ1) is 9.83. The molecule has 20 heavy (non-hydrogen) atoms. The molecule has 0 N–H and O–H groups in total. The Labute approximate surface area is 139 Å². The second-order valence-corrected chi connectivity index (χ2v) is 10.3. The average molecular weight is 391 g/mol. The molecule has 0 fully saturated rings. The number of rotatable bonds is 14. The van der Waals surface area contributed by atoms with Gasteiger partial charge in [-0.2, -0.15) is 0 Å². The molecular weight excluding hydrogens is 351 g/mol. The summed E-state index contributed by atoms with van der Waals surface area (Å²) in [5.74, 6) is 0. The summed E-state index contributed by atoms with van der Waals surface area (Å²) in [5, 5.41) is 0. The first kappa shape index (κ1) is 23.0. The van der Waals surface area contributed by atoms with Gasteiger partial charge in [-0.3, -0.25) is 0 Å². The van der Waals surface area contributed by atoms with E-state index in [1.54, 1.807) is 4.44 Å². The van der Waals surface area contributed by atoms with Crippen molar-refractivity contribution in [1.82, 2.24) is 0 Å². The minimum absolute atomic E-state index is 0.184. The van der Waals surface area contributed by atoms with E-state index in [-0.39, 0.29) is 21.1 Å². The molecule has 0 aromatic heterocycles. The zero-order chi connectivity index (χ0) is 15.3. The van der Waals surface area contributed by atoms with E-state index in [2.05, 4.69) is 27.7 Å². The Morgan fingerprint density at radius 2 is 1.10 bits per heavy atom. The van der Waals surface area contributed by atoms with Gasteiger partial charge in [0.25, 0.3) is 0 Å². The molecule has 0 heterocycles. The Hall–Kier alpha value is 0.759. The minimum atomic E-state index is 0.184. The van der Waals surface area contributed by atoms with E-state index in [9.17, 15) is 0 Å². The molecule has 0 aliphatic carbocycles.